The average Bonchev–Trinajstić information content (AvgIpc) is 3.59. The zero-order chi connectivity index (χ0) is 34.9. The molecule has 0 spiro atoms. The Hall–Kier alpha value is -7.10. The fourth-order valence-electron chi connectivity index (χ4n) is 8.38. The van der Waals surface area contributed by atoms with Gasteiger partial charge in [0.2, 0.25) is 0 Å². The molecule has 53 heavy (non-hydrogen) atoms. The van der Waals surface area contributed by atoms with Crippen molar-refractivity contribution in [3.05, 3.63) is 188 Å². The molecule has 9 aromatic carbocycles. The van der Waals surface area contributed by atoms with Crippen LogP contribution in [0.3, 0.4) is 0 Å². The minimum atomic E-state index is 0.727. The fourth-order valence-corrected chi connectivity index (χ4v) is 8.38. The first-order valence-corrected chi connectivity index (χ1v) is 18.1. The molecule has 0 aliphatic rings. The van der Waals surface area contributed by atoms with Crippen molar-refractivity contribution in [3.63, 3.8) is 0 Å². The van der Waals surface area contributed by atoms with Crippen LogP contribution in [0.5, 0.6) is 0 Å². The molecular formula is C50H31N3. The van der Waals surface area contributed by atoms with Gasteiger partial charge in [-0.15, -0.1) is 0 Å². The van der Waals surface area contributed by atoms with Gasteiger partial charge in [0.1, 0.15) is 0 Å². The molecule has 0 saturated carbocycles. The van der Waals surface area contributed by atoms with E-state index in [1.54, 1.807) is 0 Å². The van der Waals surface area contributed by atoms with Crippen molar-refractivity contribution in [2.75, 3.05) is 0 Å². The van der Waals surface area contributed by atoms with Crippen LogP contribution in [-0.4, -0.2) is 14.5 Å². The van der Waals surface area contributed by atoms with Crippen molar-refractivity contribution in [1.29, 1.82) is 0 Å². The molecule has 0 radical (unpaired) electrons. The Kier molecular flexibility index (Phi) is 6.55. The summed E-state index contributed by atoms with van der Waals surface area (Å²) in [6.45, 7) is 0. The highest BCUT2D eigenvalue weighted by molar-refractivity contribution is 6.36. The van der Waals surface area contributed by atoms with Crippen molar-refractivity contribution < 1.29 is 0 Å². The highest BCUT2D eigenvalue weighted by atomic mass is 15.0. The van der Waals surface area contributed by atoms with Crippen LogP contribution >= 0.6 is 0 Å². The molecule has 3 nitrogen and oxygen atoms in total. The predicted molar refractivity (Wildman–Crippen MR) is 223 cm³/mol. The van der Waals surface area contributed by atoms with Gasteiger partial charge in [-0.05, 0) is 68.4 Å². The number of para-hydroxylation sites is 1. The molecule has 0 bridgehead atoms. The first-order valence-electron chi connectivity index (χ1n) is 18.1. The topological polar surface area (TPSA) is 30.7 Å². The molecule has 2 aromatic heterocycles. The summed E-state index contributed by atoms with van der Waals surface area (Å²) in [4.78, 5) is 10.2. The van der Waals surface area contributed by atoms with Gasteiger partial charge in [0.15, 0.2) is 5.82 Å². The van der Waals surface area contributed by atoms with E-state index < -0.39 is 0 Å². The van der Waals surface area contributed by atoms with E-state index in [-0.39, 0.29) is 0 Å². The van der Waals surface area contributed by atoms with E-state index >= 15 is 0 Å². The second-order valence-corrected chi connectivity index (χ2v) is 13.7. The summed E-state index contributed by atoms with van der Waals surface area (Å²) in [6, 6.07) is 67.3. The highest BCUT2D eigenvalue weighted by Crippen LogP contribution is 2.44. The zero-order valence-electron chi connectivity index (χ0n) is 28.7. The van der Waals surface area contributed by atoms with Crippen molar-refractivity contribution in [1.82, 2.24) is 14.5 Å². The molecule has 246 valence electrons. The normalized spacial score (nSPS) is 11.8. The lowest BCUT2D eigenvalue weighted by Crippen LogP contribution is -1.97. The van der Waals surface area contributed by atoms with E-state index in [0.717, 1.165) is 50.4 Å². The van der Waals surface area contributed by atoms with Crippen molar-refractivity contribution in [3.8, 4) is 39.5 Å². The Morgan fingerprint density at radius 2 is 1.00 bits per heavy atom. The van der Waals surface area contributed by atoms with E-state index in [4.69, 9.17) is 9.97 Å². The Balaban J connectivity index is 1.17. The number of hydrogen-bond acceptors (Lipinski definition) is 2. The molecule has 0 aliphatic heterocycles. The standard InChI is InChI=1S/C50H31N3/c1-3-15-33(16-4-1)48-43-31-36(27-29-44(43)51-50(52-48)34-17-5-2-6-18-34)35-19-13-20-37(30-35)53-45-25-12-11-24-41(45)47-40-23-10-9-22-39(40)46-38-21-8-7-14-32(38)26-28-42(46)49(47)53/h1-31H. The van der Waals surface area contributed by atoms with Gasteiger partial charge >= 0.3 is 0 Å². The summed E-state index contributed by atoms with van der Waals surface area (Å²) in [5.41, 5.74) is 9.73. The maximum atomic E-state index is 5.16. The summed E-state index contributed by atoms with van der Waals surface area (Å²) in [6.07, 6.45) is 0. The number of fused-ring (bicyclic) bond motifs is 11. The number of aromatic nitrogens is 3. The van der Waals surface area contributed by atoms with Gasteiger partial charge in [-0.1, -0.05) is 158 Å². The fraction of sp³-hybridized carbons (Fsp3) is 0. The average molecular weight is 674 g/mol. The van der Waals surface area contributed by atoms with Crippen LogP contribution in [0, 0.1) is 0 Å². The third-order valence-electron chi connectivity index (χ3n) is 10.7. The van der Waals surface area contributed by atoms with Crippen LogP contribution in [0.25, 0.3) is 104 Å². The second-order valence-electron chi connectivity index (χ2n) is 13.7. The van der Waals surface area contributed by atoms with Crippen LogP contribution in [0.2, 0.25) is 0 Å². The third-order valence-corrected chi connectivity index (χ3v) is 10.7. The van der Waals surface area contributed by atoms with E-state index in [1.165, 1.54) is 54.1 Å². The van der Waals surface area contributed by atoms with Crippen molar-refractivity contribution >= 4 is 65.0 Å². The van der Waals surface area contributed by atoms with Gasteiger partial charge < -0.3 is 4.57 Å². The molecule has 0 saturated heterocycles. The number of rotatable bonds is 4. The molecule has 3 heteroatoms. The summed E-state index contributed by atoms with van der Waals surface area (Å²) in [7, 11) is 0. The van der Waals surface area contributed by atoms with Gasteiger partial charge in [-0.2, -0.15) is 0 Å². The lowest BCUT2D eigenvalue weighted by atomic mass is 9.93. The maximum Gasteiger partial charge on any atom is 0.160 e. The molecule has 0 fully saturated rings. The Morgan fingerprint density at radius 3 is 1.81 bits per heavy atom. The first-order chi connectivity index (χ1) is 26.3. The molecule has 0 atom stereocenters. The smallest absolute Gasteiger partial charge is 0.160 e. The van der Waals surface area contributed by atoms with Crippen molar-refractivity contribution in [2.45, 2.75) is 0 Å². The first kappa shape index (κ1) is 29.6. The summed E-state index contributed by atoms with van der Waals surface area (Å²) in [5, 5.41) is 11.2. The van der Waals surface area contributed by atoms with Crippen LogP contribution in [0.4, 0.5) is 0 Å². The third kappa shape index (κ3) is 4.61. The lowest BCUT2D eigenvalue weighted by molar-refractivity contribution is 1.19. The summed E-state index contributed by atoms with van der Waals surface area (Å²) >= 11 is 0. The van der Waals surface area contributed by atoms with Crippen LogP contribution < -0.4 is 0 Å². The largest absolute Gasteiger partial charge is 0.309 e. The van der Waals surface area contributed by atoms with E-state index in [2.05, 4.69) is 168 Å². The van der Waals surface area contributed by atoms with Gasteiger partial charge in [0.05, 0.1) is 22.2 Å². The Morgan fingerprint density at radius 1 is 0.358 bits per heavy atom. The van der Waals surface area contributed by atoms with Crippen LogP contribution in [0.15, 0.2) is 188 Å². The molecule has 0 amide bonds. The van der Waals surface area contributed by atoms with E-state index in [9.17, 15) is 0 Å². The maximum absolute atomic E-state index is 5.16. The highest BCUT2D eigenvalue weighted by Gasteiger charge is 2.20. The van der Waals surface area contributed by atoms with Crippen LogP contribution in [-0.2, 0) is 0 Å². The minimum absolute atomic E-state index is 0.727. The van der Waals surface area contributed by atoms with Gasteiger partial charge in [-0.25, -0.2) is 9.97 Å². The Labute approximate surface area is 306 Å². The van der Waals surface area contributed by atoms with Crippen LogP contribution in [0.1, 0.15) is 0 Å². The summed E-state index contributed by atoms with van der Waals surface area (Å²) < 4.78 is 2.48. The Bertz CT molecular complexity index is 3210. The molecule has 0 aliphatic carbocycles. The van der Waals surface area contributed by atoms with E-state index in [0.29, 0.717) is 0 Å². The van der Waals surface area contributed by atoms with E-state index in [1.807, 2.05) is 24.3 Å². The molecule has 11 aromatic rings. The second kappa shape index (κ2) is 11.7. The van der Waals surface area contributed by atoms with Gasteiger partial charge in [0.25, 0.3) is 0 Å². The van der Waals surface area contributed by atoms with Crippen molar-refractivity contribution in [2.24, 2.45) is 0 Å². The number of hydrogen-bond donors (Lipinski definition) is 0. The molecule has 0 unspecified atom stereocenters. The minimum Gasteiger partial charge on any atom is -0.309 e. The monoisotopic (exact) mass is 673 g/mol. The van der Waals surface area contributed by atoms with Gasteiger partial charge in [0, 0.05) is 38.4 Å². The molecule has 11 rings (SSSR count). The number of nitrogens with zero attached hydrogens (tertiary/aromatic N) is 3. The van der Waals surface area contributed by atoms with Gasteiger partial charge in [-0.3, -0.25) is 0 Å². The molecule has 2 heterocycles. The summed E-state index contributed by atoms with van der Waals surface area (Å²) in [5.74, 6) is 0.727. The SMILES string of the molecule is c1ccc(-c2nc(-c3ccccc3)c3cc(-c4cccc(-n5c6ccccc6c6c7ccccc7c7c8ccccc8ccc7c65)c4)ccc3n2)cc1. The molecular weight excluding hydrogens is 643 g/mol. The quantitative estimate of drug-likeness (QED) is 0.174. The lowest BCUT2D eigenvalue weighted by Gasteiger charge is -2.15. The number of benzene rings is 9. The zero-order valence-corrected chi connectivity index (χ0v) is 28.7. The predicted octanol–water partition coefficient (Wildman–Crippen LogP) is 13.2. The molecule has 0 N–H and O–H groups in total.